The number of fused-ring (bicyclic) bond motifs is 1. The predicted molar refractivity (Wildman–Crippen MR) is 130 cm³/mol. The van der Waals surface area contributed by atoms with Gasteiger partial charge < -0.3 is 24.4 Å². The van der Waals surface area contributed by atoms with Crippen LogP contribution >= 0.6 is 0 Å². The van der Waals surface area contributed by atoms with Crippen molar-refractivity contribution in [1.29, 1.82) is 0 Å². The molecule has 0 saturated carbocycles. The van der Waals surface area contributed by atoms with Crippen LogP contribution in [0, 0.1) is 5.82 Å². The first kappa shape index (κ1) is 26.9. The molecule has 0 aliphatic carbocycles. The monoisotopic (exact) mass is 532 g/mol. The molecule has 0 spiro atoms. The first-order valence-electron chi connectivity index (χ1n) is 11.7. The van der Waals surface area contributed by atoms with E-state index in [1.807, 2.05) is 0 Å². The molecule has 1 aliphatic heterocycles. The Morgan fingerprint density at radius 2 is 1.71 bits per heavy atom. The van der Waals surface area contributed by atoms with Crippen molar-refractivity contribution >= 4 is 17.5 Å². The van der Waals surface area contributed by atoms with E-state index in [1.165, 1.54) is 65.4 Å². The van der Waals surface area contributed by atoms with E-state index in [1.54, 1.807) is 0 Å². The van der Waals surface area contributed by atoms with Gasteiger partial charge in [-0.15, -0.1) is 13.2 Å². The molecule has 1 heterocycles. The summed E-state index contributed by atoms with van der Waals surface area (Å²) in [4.78, 5) is 29.2. The number of halogens is 4. The fourth-order valence-corrected chi connectivity index (χ4v) is 4.15. The van der Waals surface area contributed by atoms with Crippen LogP contribution in [0.25, 0.3) is 0 Å². The standard InChI is InChI=1S/C27H24F4N2O5/c1-32-22-10-11-23(37-19-4-2-5-20(15-19)38-27(29,30)31)21(14-17-6-8-18(28)9-7-17)25(22)26(36)33(12-3-13-34)16-24(32)35/h2,4-11,15,34H,3,12-14,16H2,1H3. The highest BCUT2D eigenvalue weighted by molar-refractivity contribution is 6.10. The van der Waals surface area contributed by atoms with Gasteiger partial charge in [-0.3, -0.25) is 9.59 Å². The quantitative estimate of drug-likeness (QED) is 0.418. The van der Waals surface area contributed by atoms with E-state index < -0.39 is 23.8 Å². The fraction of sp³-hybridized carbons (Fsp3) is 0.259. The Labute approximate surface area is 215 Å². The molecule has 2 amide bonds. The second-order valence-corrected chi connectivity index (χ2v) is 8.62. The van der Waals surface area contributed by atoms with Crippen molar-refractivity contribution in [2.45, 2.75) is 19.2 Å². The van der Waals surface area contributed by atoms with Gasteiger partial charge in [-0.25, -0.2) is 4.39 Å². The second-order valence-electron chi connectivity index (χ2n) is 8.62. The maximum atomic E-state index is 13.7. The molecule has 38 heavy (non-hydrogen) atoms. The van der Waals surface area contributed by atoms with Crippen LogP contribution in [0.15, 0.2) is 60.7 Å². The number of amides is 2. The van der Waals surface area contributed by atoms with Gasteiger partial charge in [-0.05, 0) is 48.4 Å². The average Bonchev–Trinajstić information content (AvgIpc) is 2.95. The number of hydrogen-bond acceptors (Lipinski definition) is 5. The number of hydrogen-bond donors (Lipinski definition) is 1. The Kier molecular flexibility index (Phi) is 7.86. The van der Waals surface area contributed by atoms with Crippen molar-refractivity contribution in [3.05, 3.63) is 83.2 Å². The number of ether oxygens (including phenoxy) is 2. The molecule has 0 atom stereocenters. The van der Waals surface area contributed by atoms with Gasteiger partial charge in [0.05, 0.1) is 11.3 Å². The summed E-state index contributed by atoms with van der Waals surface area (Å²) in [6.07, 6.45) is -4.54. The molecule has 11 heteroatoms. The normalized spacial score (nSPS) is 13.8. The van der Waals surface area contributed by atoms with E-state index in [0.29, 0.717) is 16.8 Å². The highest BCUT2D eigenvalue weighted by Crippen LogP contribution is 2.38. The number of carbonyl (C=O) groups excluding carboxylic acids is 2. The molecule has 3 aromatic rings. The van der Waals surface area contributed by atoms with Crippen LogP contribution < -0.4 is 14.4 Å². The molecule has 0 bridgehead atoms. The molecule has 4 rings (SSSR count). The molecule has 0 radical (unpaired) electrons. The molecule has 3 aromatic carbocycles. The number of rotatable bonds is 8. The summed E-state index contributed by atoms with van der Waals surface area (Å²) >= 11 is 0. The summed E-state index contributed by atoms with van der Waals surface area (Å²) in [5.41, 5.74) is 1.48. The van der Waals surface area contributed by atoms with E-state index >= 15 is 0 Å². The predicted octanol–water partition coefficient (Wildman–Crippen LogP) is 4.91. The number of likely N-dealkylation sites (N-methyl/N-ethyl adjacent to an activating group) is 1. The number of alkyl halides is 3. The van der Waals surface area contributed by atoms with Gasteiger partial charge in [-0.1, -0.05) is 18.2 Å². The number of aliphatic hydroxyl groups is 1. The molecular weight excluding hydrogens is 508 g/mol. The van der Waals surface area contributed by atoms with E-state index in [-0.39, 0.29) is 55.5 Å². The number of nitrogens with zero attached hydrogens (tertiary/aromatic N) is 2. The average molecular weight is 532 g/mol. The Morgan fingerprint density at radius 3 is 2.39 bits per heavy atom. The molecule has 1 N–H and O–H groups in total. The van der Waals surface area contributed by atoms with Gasteiger partial charge in [0, 0.05) is 38.2 Å². The fourth-order valence-electron chi connectivity index (χ4n) is 4.15. The summed E-state index contributed by atoms with van der Waals surface area (Å²) in [5.74, 6) is -1.56. The highest BCUT2D eigenvalue weighted by Gasteiger charge is 2.34. The van der Waals surface area contributed by atoms with Crippen LogP contribution in [0.1, 0.15) is 27.9 Å². The van der Waals surface area contributed by atoms with Crippen LogP contribution in [0.5, 0.6) is 17.2 Å². The Balaban J connectivity index is 1.83. The van der Waals surface area contributed by atoms with Crippen LogP contribution in [0.2, 0.25) is 0 Å². The lowest BCUT2D eigenvalue weighted by Gasteiger charge is -2.22. The SMILES string of the molecule is CN1C(=O)CN(CCCO)C(=O)c2c1ccc(Oc1cccc(OC(F)(F)F)c1)c2Cc1ccc(F)cc1. The Hall–Kier alpha value is -4.12. The molecular formula is C27H24F4N2O5. The van der Waals surface area contributed by atoms with Gasteiger partial charge in [0.2, 0.25) is 5.91 Å². The largest absolute Gasteiger partial charge is 0.573 e. The van der Waals surface area contributed by atoms with Crippen molar-refractivity contribution in [3.63, 3.8) is 0 Å². The zero-order chi connectivity index (χ0) is 27.4. The zero-order valence-electron chi connectivity index (χ0n) is 20.3. The van der Waals surface area contributed by atoms with Gasteiger partial charge >= 0.3 is 6.36 Å². The maximum absolute atomic E-state index is 13.7. The molecule has 1 aliphatic rings. The Bertz CT molecular complexity index is 1330. The highest BCUT2D eigenvalue weighted by atomic mass is 19.4. The first-order chi connectivity index (χ1) is 18.1. The van der Waals surface area contributed by atoms with Crippen molar-refractivity contribution in [3.8, 4) is 17.2 Å². The topological polar surface area (TPSA) is 79.3 Å². The summed E-state index contributed by atoms with van der Waals surface area (Å²) in [5, 5.41) is 9.28. The minimum absolute atomic E-state index is 0.0229. The third-order valence-corrected chi connectivity index (χ3v) is 5.96. The number of aliphatic hydroxyl groups excluding tert-OH is 1. The number of anilines is 1. The zero-order valence-corrected chi connectivity index (χ0v) is 20.3. The lowest BCUT2D eigenvalue weighted by atomic mass is 9.96. The van der Waals surface area contributed by atoms with E-state index in [4.69, 9.17) is 4.74 Å². The van der Waals surface area contributed by atoms with Crippen molar-refractivity contribution in [1.82, 2.24) is 4.90 Å². The second kappa shape index (κ2) is 11.1. The van der Waals surface area contributed by atoms with Crippen molar-refractivity contribution < 1.29 is 41.7 Å². The van der Waals surface area contributed by atoms with Crippen LogP contribution in [0.3, 0.4) is 0 Å². The molecule has 0 saturated heterocycles. The van der Waals surface area contributed by atoms with Gasteiger partial charge in [0.25, 0.3) is 5.91 Å². The number of carbonyl (C=O) groups is 2. The van der Waals surface area contributed by atoms with Crippen molar-refractivity contribution in [2.24, 2.45) is 0 Å². The van der Waals surface area contributed by atoms with E-state index in [0.717, 1.165) is 12.1 Å². The van der Waals surface area contributed by atoms with E-state index in [2.05, 4.69) is 4.74 Å². The van der Waals surface area contributed by atoms with Crippen LogP contribution in [0.4, 0.5) is 23.2 Å². The summed E-state index contributed by atoms with van der Waals surface area (Å²) < 4.78 is 61.7. The van der Waals surface area contributed by atoms with Crippen LogP contribution in [-0.4, -0.2) is 54.9 Å². The smallest absolute Gasteiger partial charge is 0.457 e. The Morgan fingerprint density at radius 1 is 1.00 bits per heavy atom. The number of benzene rings is 3. The minimum Gasteiger partial charge on any atom is -0.457 e. The summed E-state index contributed by atoms with van der Waals surface area (Å²) in [7, 11) is 1.53. The third kappa shape index (κ3) is 6.23. The summed E-state index contributed by atoms with van der Waals surface area (Å²) in [6.45, 7) is -0.248. The van der Waals surface area contributed by atoms with Crippen molar-refractivity contribution in [2.75, 3.05) is 31.6 Å². The van der Waals surface area contributed by atoms with Gasteiger partial charge in [0.1, 0.15) is 29.6 Å². The molecule has 0 aromatic heterocycles. The first-order valence-corrected chi connectivity index (χ1v) is 11.7. The summed E-state index contributed by atoms with van der Waals surface area (Å²) in [6, 6.07) is 13.6. The molecule has 7 nitrogen and oxygen atoms in total. The molecule has 200 valence electrons. The maximum Gasteiger partial charge on any atom is 0.573 e. The van der Waals surface area contributed by atoms with Crippen LogP contribution in [-0.2, 0) is 11.2 Å². The third-order valence-electron chi connectivity index (χ3n) is 5.96. The van der Waals surface area contributed by atoms with Gasteiger partial charge in [0.15, 0.2) is 0 Å². The molecule has 0 unspecified atom stereocenters. The molecule has 0 fully saturated rings. The lowest BCUT2D eigenvalue weighted by Crippen LogP contribution is -2.38. The van der Waals surface area contributed by atoms with E-state index in [9.17, 15) is 32.3 Å². The minimum atomic E-state index is -4.89. The lowest BCUT2D eigenvalue weighted by molar-refractivity contribution is -0.274. The van der Waals surface area contributed by atoms with Gasteiger partial charge in [-0.2, -0.15) is 0 Å².